The molecule has 0 radical (unpaired) electrons. The summed E-state index contributed by atoms with van der Waals surface area (Å²) < 4.78 is 80.8. The highest BCUT2D eigenvalue weighted by Crippen LogP contribution is 2.37. The number of ether oxygens (including phenoxy) is 3. The van der Waals surface area contributed by atoms with E-state index < -0.39 is 37.6 Å². The third-order valence-electron chi connectivity index (χ3n) is 8.09. The quantitative estimate of drug-likeness (QED) is 0.0700. The molecule has 0 atom stereocenters. The number of amides is 1. The molecule has 1 aromatic heterocycles. The minimum absolute atomic E-state index is 0.0306. The molecule has 0 spiro atoms. The third kappa shape index (κ3) is 13.8. The summed E-state index contributed by atoms with van der Waals surface area (Å²) in [6.45, 7) is 17.2. The molecule has 0 aliphatic rings. The van der Waals surface area contributed by atoms with Crippen molar-refractivity contribution in [2.75, 3.05) is 19.8 Å². The van der Waals surface area contributed by atoms with Crippen molar-refractivity contribution in [2.24, 2.45) is 0 Å². The number of aromatic nitrogens is 2. The van der Waals surface area contributed by atoms with Gasteiger partial charge in [0.05, 0.1) is 42.5 Å². The monoisotopic (exact) mass is 797 g/mol. The first-order chi connectivity index (χ1) is 23.6. The fourth-order valence-corrected chi connectivity index (χ4v) is 5.74. The van der Waals surface area contributed by atoms with Crippen LogP contribution in [-0.2, 0) is 35.0 Å². The number of hydrogen-bond acceptors (Lipinski definition) is 6. The lowest BCUT2D eigenvalue weighted by Crippen LogP contribution is -2.44. The normalized spacial score (nSPS) is 12.3. The molecule has 0 saturated carbocycles. The van der Waals surface area contributed by atoms with Gasteiger partial charge in [-0.25, -0.2) is 9.18 Å². The maximum absolute atomic E-state index is 13.9. The predicted molar refractivity (Wildman–Crippen MR) is 194 cm³/mol. The first-order valence-electron chi connectivity index (χ1n) is 16.6. The van der Waals surface area contributed by atoms with Crippen molar-refractivity contribution < 1.29 is 41.0 Å². The largest absolute Gasteiger partial charge is 0.493 e. The van der Waals surface area contributed by atoms with Gasteiger partial charge in [-0.3, -0.25) is 4.68 Å². The lowest BCUT2D eigenvalue weighted by Gasteiger charge is -2.37. The zero-order chi connectivity index (χ0) is 38.0. The van der Waals surface area contributed by atoms with Crippen LogP contribution in [0.1, 0.15) is 71.1 Å². The van der Waals surface area contributed by atoms with Gasteiger partial charge in [0.25, 0.3) is 0 Å². The van der Waals surface area contributed by atoms with Crippen molar-refractivity contribution in [1.82, 2.24) is 14.7 Å². The van der Waals surface area contributed by atoms with Crippen molar-refractivity contribution in [3.8, 4) is 23.3 Å². The molecule has 280 valence electrons. The van der Waals surface area contributed by atoms with Crippen molar-refractivity contribution in [2.45, 2.75) is 104 Å². The molecular formula is C37H48BrF4N3O5Si. The molecule has 14 heteroatoms. The Bertz CT molecular complexity index is 1670. The van der Waals surface area contributed by atoms with E-state index in [4.69, 9.17) is 18.6 Å². The molecule has 0 aliphatic heterocycles. The minimum Gasteiger partial charge on any atom is -0.493 e. The van der Waals surface area contributed by atoms with E-state index in [2.05, 4.69) is 66.7 Å². The number of rotatable bonds is 14. The van der Waals surface area contributed by atoms with Crippen LogP contribution < -0.4 is 9.47 Å². The highest BCUT2D eigenvalue weighted by atomic mass is 79.9. The molecule has 3 rings (SSSR count). The van der Waals surface area contributed by atoms with Crippen LogP contribution in [0, 0.1) is 17.7 Å². The molecular weight excluding hydrogens is 750 g/mol. The molecule has 1 amide bonds. The summed E-state index contributed by atoms with van der Waals surface area (Å²) in [7, 11) is -2.13. The molecule has 2 aromatic carbocycles. The van der Waals surface area contributed by atoms with Gasteiger partial charge in [-0.05, 0) is 90.7 Å². The SMILES string of the molecule is CC(C)(C)OC(=O)N(CCO[Si](C)(C)C(C)(C)C)Cc1cc(OCCC#CCCn2cc(Br)cn2)ccc1OCc1ccc(F)c(C(F)(F)F)c1. The summed E-state index contributed by atoms with van der Waals surface area (Å²) in [6, 6.07) is 7.76. The van der Waals surface area contributed by atoms with Crippen LogP contribution >= 0.6 is 15.9 Å². The maximum Gasteiger partial charge on any atom is 0.419 e. The molecule has 0 N–H and O–H groups in total. The van der Waals surface area contributed by atoms with Crippen molar-refractivity contribution >= 4 is 30.3 Å². The Balaban J connectivity index is 1.82. The van der Waals surface area contributed by atoms with E-state index in [1.54, 1.807) is 49.8 Å². The highest BCUT2D eigenvalue weighted by molar-refractivity contribution is 9.10. The minimum atomic E-state index is -4.85. The zero-order valence-corrected chi connectivity index (χ0v) is 33.1. The molecule has 0 fully saturated rings. The van der Waals surface area contributed by atoms with Crippen LogP contribution in [0.5, 0.6) is 11.5 Å². The third-order valence-corrected chi connectivity index (χ3v) is 13.0. The van der Waals surface area contributed by atoms with Gasteiger partial charge in [0, 0.05) is 31.1 Å². The Morgan fingerprint density at radius 1 is 0.980 bits per heavy atom. The number of hydrogen-bond donors (Lipinski definition) is 0. The summed E-state index contributed by atoms with van der Waals surface area (Å²) in [5.41, 5.74) is -1.49. The number of alkyl halides is 3. The van der Waals surface area contributed by atoms with E-state index in [1.165, 1.54) is 11.0 Å². The van der Waals surface area contributed by atoms with E-state index in [9.17, 15) is 22.4 Å². The molecule has 0 unspecified atom stereocenters. The molecule has 0 bridgehead atoms. The topological polar surface area (TPSA) is 75.0 Å². The average Bonchev–Trinajstić information content (AvgIpc) is 3.42. The Morgan fingerprint density at radius 2 is 1.69 bits per heavy atom. The van der Waals surface area contributed by atoms with Gasteiger partial charge in [-0.1, -0.05) is 32.8 Å². The summed E-state index contributed by atoms with van der Waals surface area (Å²) in [5.74, 6) is 5.63. The standard InChI is InChI=1S/C37H48BrF4N3O5Si/c1-35(2,3)50-34(46)44(18-20-49-51(7,8)36(4,5)6)24-28-22-30(47-19-12-10-9-11-17-45-25-29(38)23-43-45)14-16-33(28)48-26-27-13-15-32(39)31(21-27)37(40,41)42/h13-16,21-23,25H,11-12,17-20,24,26H2,1-8H3. The number of nitrogens with zero attached hydrogens (tertiary/aromatic N) is 3. The van der Waals surface area contributed by atoms with Crippen molar-refractivity contribution in [3.63, 3.8) is 0 Å². The second-order valence-electron chi connectivity index (χ2n) is 14.5. The molecule has 0 saturated heterocycles. The maximum atomic E-state index is 13.9. The van der Waals surface area contributed by atoms with Crippen molar-refractivity contribution in [1.29, 1.82) is 0 Å². The Labute approximate surface area is 308 Å². The number of carbonyl (C=O) groups excluding carboxylic acids is 1. The number of halogens is 5. The van der Waals surface area contributed by atoms with E-state index >= 15 is 0 Å². The molecule has 1 heterocycles. The molecule has 0 aliphatic carbocycles. The first-order valence-corrected chi connectivity index (χ1v) is 20.3. The highest BCUT2D eigenvalue weighted by Gasteiger charge is 2.37. The van der Waals surface area contributed by atoms with E-state index in [0.29, 0.717) is 43.1 Å². The van der Waals surface area contributed by atoms with Gasteiger partial charge < -0.3 is 23.5 Å². The Kier molecular flexibility index (Phi) is 14.6. The first kappa shape index (κ1) is 41.9. The second-order valence-corrected chi connectivity index (χ2v) is 20.2. The number of benzene rings is 2. The fourth-order valence-electron chi connectivity index (χ4n) is 4.37. The van der Waals surface area contributed by atoms with Crippen LogP contribution in [0.25, 0.3) is 0 Å². The lowest BCUT2D eigenvalue weighted by atomic mass is 10.1. The van der Waals surface area contributed by atoms with Crippen LogP contribution in [0.4, 0.5) is 22.4 Å². The van der Waals surface area contributed by atoms with Crippen LogP contribution in [-0.4, -0.2) is 54.5 Å². The van der Waals surface area contributed by atoms with Gasteiger partial charge in [-0.15, -0.1) is 5.92 Å². The zero-order valence-electron chi connectivity index (χ0n) is 30.5. The van der Waals surface area contributed by atoms with E-state index in [0.717, 1.165) is 16.6 Å². The smallest absolute Gasteiger partial charge is 0.419 e. The summed E-state index contributed by atoms with van der Waals surface area (Å²) >= 11 is 3.37. The molecule has 51 heavy (non-hydrogen) atoms. The Hall–Kier alpha value is -3.54. The van der Waals surface area contributed by atoms with Gasteiger partial charge in [0.1, 0.15) is 29.5 Å². The summed E-state index contributed by atoms with van der Waals surface area (Å²) in [6.07, 6.45) is -0.731. The second kappa shape index (κ2) is 17.8. The van der Waals surface area contributed by atoms with Gasteiger partial charge >= 0.3 is 12.3 Å². The summed E-state index contributed by atoms with van der Waals surface area (Å²) in [4.78, 5) is 15.0. The van der Waals surface area contributed by atoms with E-state index in [-0.39, 0.29) is 36.9 Å². The molecule has 3 aromatic rings. The van der Waals surface area contributed by atoms with E-state index in [1.807, 2.05) is 6.20 Å². The number of aryl methyl sites for hydroxylation is 1. The summed E-state index contributed by atoms with van der Waals surface area (Å²) in [5, 5.41) is 4.17. The fraction of sp³-hybridized carbons (Fsp3) is 0.514. The average molecular weight is 799 g/mol. The number of carbonyl (C=O) groups is 1. The van der Waals surface area contributed by atoms with Crippen LogP contribution in [0.15, 0.2) is 53.3 Å². The van der Waals surface area contributed by atoms with Gasteiger partial charge in [0.2, 0.25) is 0 Å². The molecule has 8 nitrogen and oxygen atoms in total. The van der Waals surface area contributed by atoms with Gasteiger partial charge in [0.15, 0.2) is 8.32 Å². The Morgan fingerprint density at radius 3 is 2.31 bits per heavy atom. The van der Waals surface area contributed by atoms with Crippen LogP contribution in [0.3, 0.4) is 0 Å². The van der Waals surface area contributed by atoms with Crippen molar-refractivity contribution in [3.05, 3.63) is 75.8 Å². The predicted octanol–water partition coefficient (Wildman–Crippen LogP) is 10.0. The lowest BCUT2D eigenvalue weighted by molar-refractivity contribution is -0.140. The van der Waals surface area contributed by atoms with Gasteiger partial charge in [-0.2, -0.15) is 18.3 Å². The van der Waals surface area contributed by atoms with Crippen LogP contribution in [0.2, 0.25) is 18.1 Å².